The molecule has 0 fully saturated rings. The number of hydrogen-bond acceptors (Lipinski definition) is 13. The standard InChI is InChI=1S/C6H9N3O2.2C6H13NO2.C5H10N2O3.C3H7NO3/c7-5(6(10)11)1-4-2-8-3-9-4;2*1-4(2)3-5(7)6(8)9;6-3(5(9)10)1-2-4(7)8;4-2(1-5)3(6)7/h2-3,5H,1,7H2,(H,8,9)(H,10,11);2*4-5H,3,7H2,1-2H3,(H,8,9);3H,1-2,6H2,(H2,7,8)(H,9,10);2,5H,1,4H2,(H,6,7)/t3*5-;3-;2-/m00000/s1. The molecule has 268 valence electrons. The van der Waals surface area contributed by atoms with E-state index in [1.54, 1.807) is 6.20 Å². The van der Waals surface area contributed by atoms with Crippen LogP contribution in [-0.2, 0) is 35.2 Å². The monoisotopic (exact) mass is 668 g/mol. The second-order valence-corrected chi connectivity index (χ2v) is 10.4. The number of nitrogens with zero attached hydrogens (tertiary/aromatic N) is 1. The molecule has 1 heterocycles. The highest BCUT2D eigenvalue weighted by atomic mass is 16.4. The first kappa shape index (κ1) is 48.7. The third-order valence-electron chi connectivity index (χ3n) is 4.92. The molecule has 0 aromatic carbocycles. The summed E-state index contributed by atoms with van der Waals surface area (Å²) in [5.74, 6) is -4.94. The van der Waals surface area contributed by atoms with E-state index in [0.717, 1.165) is 0 Å². The number of primary amides is 1. The number of nitrogens with one attached hydrogen (secondary N) is 1. The van der Waals surface area contributed by atoms with Gasteiger partial charge in [0.15, 0.2) is 0 Å². The first-order valence-electron chi connectivity index (χ1n) is 13.8. The summed E-state index contributed by atoms with van der Waals surface area (Å²) in [7, 11) is 0. The SMILES string of the molecule is CC(C)C[C@H](N)C(=O)O.CC(C)C[C@H](N)C(=O)O.NC(=O)CC[C@H](N)C(=O)O.N[C@@H](CO)C(=O)O.N[C@@H](Cc1c[nH]cn1)C(=O)O. The van der Waals surface area contributed by atoms with Gasteiger partial charge in [-0.15, -0.1) is 0 Å². The molecule has 0 saturated carbocycles. The molecule has 1 rings (SSSR count). The van der Waals surface area contributed by atoms with Crippen molar-refractivity contribution in [3.8, 4) is 0 Å². The highest BCUT2D eigenvalue weighted by molar-refractivity contribution is 5.77. The highest BCUT2D eigenvalue weighted by Gasteiger charge is 2.14. The Morgan fingerprint density at radius 2 is 1.04 bits per heavy atom. The second kappa shape index (κ2) is 28.3. The summed E-state index contributed by atoms with van der Waals surface area (Å²) in [6.07, 6.45) is 4.61. The fraction of sp³-hybridized carbons (Fsp3) is 0.654. The molecule has 19 N–H and O–H groups in total. The van der Waals surface area contributed by atoms with Gasteiger partial charge in [0.05, 0.1) is 18.6 Å². The zero-order valence-corrected chi connectivity index (χ0v) is 26.5. The van der Waals surface area contributed by atoms with E-state index in [9.17, 15) is 28.8 Å². The molecular formula is C26H52N8O12. The molecule has 5 atom stereocenters. The Bertz CT molecular complexity index is 983. The average Bonchev–Trinajstić information content (AvgIpc) is 3.44. The number of nitrogens with two attached hydrogens (primary N) is 6. The second-order valence-electron chi connectivity index (χ2n) is 10.4. The lowest BCUT2D eigenvalue weighted by atomic mass is 10.1. The van der Waals surface area contributed by atoms with Crippen molar-refractivity contribution in [1.29, 1.82) is 0 Å². The maximum absolute atomic E-state index is 10.3. The first-order chi connectivity index (χ1) is 21.0. The van der Waals surface area contributed by atoms with E-state index in [-0.39, 0.29) is 19.3 Å². The number of aliphatic carboxylic acids is 5. The molecule has 0 unspecified atom stereocenters. The van der Waals surface area contributed by atoms with Crippen LogP contribution in [0.2, 0.25) is 0 Å². The molecule has 20 heteroatoms. The van der Waals surface area contributed by atoms with Crippen LogP contribution in [-0.4, -0.2) is 113 Å². The number of imidazole rings is 1. The van der Waals surface area contributed by atoms with E-state index in [1.165, 1.54) is 6.33 Å². The maximum Gasteiger partial charge on any atom is 0.322 e. The van der Waals surface area contributed by atoms with Crippen LogP contribution in [0.1, 0.15) is 59.1 Å². The minimum absolute atomic E-state index is 0.0213. The minimum atomic E-state index is -1.18. The van der Waals surface area contributed by atoms with Gasteiger partial charge in [-0.05, 0) is 31.1 Å². The summed E-state index contributed by atoms with van der Waals surface area (Å²) in [5.41, 5.74) is 30.9. The van der Waals surface area contributed by atoms with Gasteiger partial charge in [0.1, 0.15) is 30.2 Å². The number of hydrogen-bond donors (Lipinski definition) is 13. The normalized spacial score (nSPS) is 13.2. The number of carboxylic acid groups (broad SMARTS) is 5. The van der Waals surface area contributed by atoms with Crippen LogP contribution in [0, 0.1) is 11.8 Å². The third-order valence-corrected chi connectivity index (χ3v) is 4.92. The number of carbonyl (C=O) groups is 6. The predicted molar refractivity (Wildman–Crippen MR) is 165 cm³/mol. The minimum Gasteiger partial charge on any atom is -0.480 e. The molecule has 0 aliphatic carbocycles. The first-order valence-corrected chi connectivity index (χ1v) is 13.8. The van der Waals surface area contributed by atoms with Crippen molar-refractivity contribution in [3.63, 3.8) is 0 Å². The van der Waals surface area contributed by atoms with E-state index < -0.39 is 72.6 Å². The molecule has 1 aromatic rings. The zero-order chi connectivity index (χ0) is 37.2. The van der Waals surface area contributed by atoms with Crippen LogP contribution in [0.25, 0.3) is 0 Å². The lowest BCUT2D eigenvalue weighted by molar-refractivity contribution is -0.140. The van der Waals surface area contributed by atoms with Gasteiger partial charge in [0.2, 0.25) is 5.91 Å². The van der Waals surface area contributed by atoms with Gasteiger partial charge >= 0.3 is 29.8 Å². The van der Waals surface area contributed by atoms with E-state index in [4.69, 9.17) is 65.0 Å². The number of amides is 1. The fourth-order valence-corrected chi connectivity index (χ4v) is 2.43. The Morgan fingerprint density at radius 3 is 1.24 bits per heavy atom. The Hall–Kier alpha value is -4.21. The molecule has 0 spiro atoms. The Morgan fingerprint density at radius 1 is 0.674 bits per heavy atom. The zero-order valence-electron chi connectivity index (χ0n) is 26.5. The lowest BCUT2D eigenvalue weighted by Crippen LogP contribution is -2.33. The highest BCUT2D eigenvalue weighted by Crippen LogP contribution is 2.02. The van der Waals surface area contributed by atoms with Crippen LogP contribution < -0.4 is 34.4 Å². The van der Waals surface area contributed by atoms with Gasteiger partial charge in [0.25, 0.3) is 0 Å². The topological polar surface area (TPSA) is 409 Å². The lowest BCUT2D eigenvalue weighted by Gasteiger charge is -2.07. The molecule has 1 amide bonds. The number of carbonyl (C=O) groups excluding carboxylic acids is 1. The Kier molecular flexibility index (Phi) is 29.9. The van der Waals surface area contributed by atoms with Gasteiger partial charge in [-0.1, -0.05) is 27.7 Å². The molecule has 46 heavy (non-hydrogen) atoms. The Labute approximate surface area is 266 Å². The molecule has 0 bridgehead atoms. The summed E-state index contributed by atoms with van der Waals surface area (Å²) in [6.45, 7) is 7.28. The van der Waals surface area contributed by atoms with E-state index >= 15 is 0 Å². The molecule has 0 radical (unpaired) electrons. The number of aliphatic hydroxyl groups is 1. The summed E-state index contributed by atoms with van der Waals surface area (Å²) >= 11 is 0. The van der Waals surface area contributed by atoms with Crippen molar-refractivity contribution in [3.05, 3.63) is 18.2 Å². The van der Waals surface area contributed by atoms with Crippen molar-refractivity contribution in [2.45, 2.75) is 90.0 Å². The largest absolute Gasteiger partial charge is 0.480 e. The molecule has 0 aliphatic rings. The van der Waals surface area contributed by atoms with E-state index in [0.29, 0.717) is 30.4 Å². The predicted octanol–water partition coefficient (Wildman–Crippen LogP) is -2.69. The summed E-state index contributed by atoms with van der Waals surface area (Å²) in [5, 5.41) is 49.1. The van der Waals surface area contributed by atoms with Crippen molar-refractivity contribution in [2.24, 2.45) is 46.2 Å². The summed E-state index contributed by atoms with van der Waals surface area (Å²) < 4.78 is 0. The summed E-state index contributed by atoms with van der Waals surface area (Å²) in [4.78, 5) is 66.8. The molecular weight excluding hydrogens is 616 g/mol. The number of aromatic nitrogens is 2. The number of carboxylic acids is 5. The Balaban J connectivity index is -0.000000242. The maximum atomic E-state index is 10.3. The molecule has 0 saturated heterocycles. The van der Waals surface area contributed by atoms with Gasteiger partial charge in [0, 0.05) is 19.0 Å². The van der Waals surface area contributed by atoms with Crippen molar-refractivity contribution in [2.75, 3.05) is 6.61 Å². The van der Waals surface area contributed by atoms with Crippen LogP contribution >= 0.6 is 0 Å². The smallest absolute Gasteiger partial charge is 0.322 e. The molecule has 0 aliphatic heterocycles. The number of H-pyrrole nitrogens is 1. The van der Waals surface area contributed by atoms with Crippen LogP contribution in [0.15, 0.2) is 12.5 Å². The summed E-state index contributed by atoms with van der Waals surface area (Å²) in [6, 6.07) is -4.35. The van der Waals surface area contributed by atoms with Crippen molar-refractivity contribution >= 4 is 35.8 Å². The van der Waals surface area contributed by atoms with Gasteiger partial charge in [-0.25, -0.2) is 4.98 Å². The van der Waals surface area contributed by atoms with E-state index in [1.807, 2.05) is 27.7 Å². The van der Waals surface area contributed by atoms with Gasteiger partial charge in [-0.3, -0.25) is 28.8 Å². The number of aliphatic hydroxyl groups excluding tert-OH is 1. The molecule has 20 nitrogen and oxygen atoms in total. The van der Waals surface area contributed by atoms with Crippen LogP contribution in [0.5, 0.6) is 0 Å². The fourth-order valence-electron chi connectivity index (χ4n) is 2.43. The van der Waals surface area contributed by atoms with Gasteiger partial charge in [-0.2, -0.15) is 0 Å². The molecule has 1 aromatic heterocycles. The van der Waals surface area contributed by atoms with Gasteiger partial charge < -0.3 is 70.0 Å². The van der Waals surface area contributed by atoms with Crippen molar-refractivity contribution in [1.82, 2.24) is 9.97 Å². The van der Waals surface area contributed by atoms with Crippen molar-refractivity contribution < 1.29 is 59.4 Å². The number of rotatable bonds is 15. The van der Waals surface area contributed by atoms with Crippen LogP contribution in [0.3, 0.4) is 0 Å². The third kappa shape index (κ3) is 34.3. The average molecular weight is 669 g/mol. The number of aromatic amines is 1. The quantitative estimate of drug-likeness (QED) is 0.0904. The van der Waals surface area contributed by atoms with Crippen LogP contribution in [0.4, 0.5) is 0 Å². The van der Waals surface area contributed by atoms with E-state index in [2.05, 4.69) is 9.97 Å².